The third kappa shape index (κ3) is 1.70. The van der Waals surface area contributed by atoms with E-state index in [1.54, 1.807) is 0 Å². The van der Waals surface area contributed by atoms with Crippen LogP contribution in [-0.2, 0) is 0 Å². The summed E-state index contributed by atoms with van der Waals surface area (Å²) in [6.45, 7) is 0.810. The highest BCUT2D eigenvalue weighted by atomic mass is 14.8. The van der Waals surface area contributed by atoms with Gasteiger partial charge in [-0.05, 0) is 43.6 Å². The van der Waals surface area contributed by atoms with E-state index in [4.69, 9.17) is 11.5 Å². The molecule has 0 aromatic rings. The van der Waals surface area contributed by atoms with Gasteiger partial charge in [0.25, 0.3) is 0 Å². The van der Waals surface area contributed by atoms with Crippen molar-refractivity contribution in [3.05, 3.63) is 0 Å². The molecule has 2 aliphatic rings. The van der Waals surface area contributed by atoms with E-state index >= 15 is 0 Å². The smallest absolute Gasteiger partial charge is 0.0136 e. The zero-order valence-corrected chi connectivity index (χ0v) is 9.17. The second kappa shape index (κ2) is 4.19. The molecule has 82 valence electrons. The van der Waals surface area contributed by atoms with Crippen molar-refractivity contribution in [2.24, 2.45) is 22.8 Å². The van der Waals surface area contributed by atoms with Crippen LogP contribution in [0.25, 0.3) is 0 Å². The van der Waals surface area contributed by atoms with Gasteiger partial charge in [-0.3, -0.25) is 0 Å². The van der Waals surface area contributed by atoms with E-state index in [9.17, 15) is 0 Å². The number of rotatable bonds is 3. The fourth-order valence-electron chi connectivity index (χ4n) is 3.30. The van der Waals surface area contributed by atoms with Crippen molar-refractivity contribution in [3.63, 3.8) is 0 Å². The Morgan fingerprint density at radius 3 is 2.14 bits per heavy atom. The quantitative estimate of drug-likeness (QED) is 0.725. The Balaban J connectivity index is 1.94. The fourth-order valence-corrected chi connectivity index (χ4v) is 3.30. The minimum atomic E-state index is 0.335. The molecular weight excluding hydrogens is 172 g/mol. The van der Waals surface area contributed by atoms with Gasteiger partial charge in [-0.1, -0.05) is 25.7 Å². The van der Waals surface area contributed by atoms with E-state index in [0.29, 0.717) is 11.5 Å². The van der Waals surface area contributed by atoms with Crippen LogP contribution in [0.15, 0.2) is 0 Å². The van der Waals surface area contributed by atoms with Gasteiger partial charge in [0.2, 0.25) is 0 Å². The molecule has 0 aromatic heterocycles. The Kier molecular flexibility index (Phi) is 3.13. The van der Waals surface area contributed by atoms with E-state index in [0.717, 1.165) is 12.5 Å². The summed E-state index contributed by atoms with van der Waals surface area (Å²) in [6.07, 6.45) is 10.8. The van der Waals surface area contributed by atoms with Crippen molar-refractivity contribution in [1.29, 1.82) is 0 Å². The highest BCUT2D eigenvalue weighted by molar-refractivity contribution is 4.99. The lowest BCUT2D eigenvalue weighted by Crippen LogP contribution is -2.55. The molecule has 0 amide bonds. The lowest BCUT2D eigenvalue weighted by Gasteiger charge is -2.49. The first-order valence-electron chi connectivity index (χ1n) is 6.24. The molecule has 2 rings (SSSR count). The molecule has 2 nitrogen and oxygen atoms in total. The van der Waals surface area contributed by atoms with Gasteiger partial charge in [-0.2, -0.15) is 0 Å². The molecule has 2 saturated carbocycles. The summed E-state index contributed by atoms with van der Waals surface area (Å²) in [5.74, 6) is 0.771. The number of hydrogen-bond acceptors (Lipinski definition) is 2. The average Bonchev–Trinajstić information content (AvgIpc) is 2.18. The van der Waals surface area contributed by atoms with Gasteiger partial charge >= 0.3 is 0 Å². The molecule has 0 radical (unpaired) electrons. The normalized spacial score (nSPS) is 29.6. The van der Waals surface area contributed by atoms with Gasteiger partial charge in [0.05, 0.1) is 0 Å². The molecule has 0 bridgehead atoms. The molecule has 0 aliphatic heterocycles. The highest BCUT2D eigenvalue weighted by Crippen LogP contribution is 2.46. The van der Waals surface area contributed by atoms with Gasteiger partial charge in [-0.15, -0.1) is 0 Å². The second-order valence-corrected chi connectivity index (χ2v) is 5.34. The number of nitrogens with two attached hydrogens (primary N) is 2. The third-order valence-corrected chi connectivity index (χ3v) is 4.62. The van der Waals surface area contributed by atoms with Crippen molar-refractivity contribution >= 4 is 0 Å². The molecular formula is C12H24N2. The zero-order chi connectivity index (χ0) is 10.0. The second-order valence-electron chi connectivity index (χ2n) is 5.34. The molecule has 2 heteroatoms. The lowest BCUT2D eigenvalue weighted by molar-refractivity contribution is 0.0609. The molecule has 1 atom stereocenters. The Hall–Kier alpha value is -0.0800. The average molecular weight is 196 g/mol. The largest absolute Gasteiger partial charge is 0.330 e. The zero-order valence-electron chi connectivity index (χ0n) is 9.17. The number of hydrogen-bond donors (Lipinski definition) is 2. The Morgan fingerprint density at radius 2 is 1.71 bits per heavy atom. The molecule has 4 N–H and O–H groups in total. The first kappa shape index (κ1) is 10.4. The summed E-state index contributed by atoms with van der Waals surface area (Å²) in [5, 5.41) is 0. The molecule has 2 aliphatic carbocycles. The monoisotopic (exact) mass is 196 g/mol. The summed E-state index contributed by atoms with van der Waals surface area (Å²) in [6, 6.07) is 0.390. The van der Waals surface area contributed by atoms with E-state index in [1.807, 2.05) is 0 Å². The molecule has 1 unspecified atom stereocenters. The third-order valence-electron chi connectivity index (χ3n) is 4.62. The Morgan fingerprint density at radius 1 is 1.07 bits per heavy atom. The van der Waals surface area contributed by atoms with Crippen molar-refractivity contribution in [2.45, 2.75) is 57.4 Å². The SMILES string of the molecule is NCC1(C(N)C2CCCCC2)CCC1. The highest BCUT2D eigenvalue weighted by Gasteiger charge is 2.44. The predicted octanol–water partition coefficient (Wildman–Crippen LogP) is 2.02. The van der Waals surface area contributed by atoms with Crippen LogP contribution in [0.4, 0.5) is 0 Å². The van der Waals surface area contributed by atoms with Crippen LogP contribution < -0.4 is 11.5 Å². The van der Waals surface area contributed by atoms with Gasteiger partial charge in [0.15, 0.2) is 0 Å². The van der Waals surface area contributed by atoms with Crippen molar-refractivity contribution < 1.29 is 0 Å². The van der Waals surface area contributed by atoms with Gasteiger partial charge in [-0.25, -0.2) is 0 Å². The van der Waals surface area contributed by atoms with E-state index in [2.05, 4.69) is 0 Å². The maximum absolute atomic E-state index is 6.42. The predicted molar refractivity (Wildman–Crippen MR) is 59.9 cm³/mol. The summed E-state index contributed by atoms with van der Waals surface area (Å²) in [7, 11) is 0. The van der Waals surface area contributed by atoms with E-state index in [-0.39, 0.29) is 0 Å². The molecule has 14 heavy (non-hydrogen) atoms. The lowest BCUT2D eigenvalue weighted by atomic mass is 9.59. The minimum absolute atomic E-state index is 0.335. The Bertz CT molecular complexity index is 175. The minimum Gasteiger partial charge on any atom is -0.330 e. The van der Waals surface area contributed by atoms with Crippen LogP contribution >= 0.6 is 0 Å². The van der Waals surface area contributed by atoms with Gasteiger partial charge in [0, 0.05) is 6.04 Å². The Labute approximate surface area is 87.4 Å². The summed E-state index contributed by atoms with van der Waals surface area (Å²) >= 11 is 0. The molecule has 0 heterocycles. The summed E-state index contributed by atoms with van der Waals surface area (Å²) < 4.78 is 0. The van der Waals surface area contributed by atoms with Gasteiger partial charge in [0.1, 0.15) is 0 Å². The molecule has 0 saturated heterocycles. The van der Waals surface area contributed by atoms with Crippen molar-refractivity contribution in [3.8, 4) is 0 Å². The van der Waals surface area contributed by atoms with Crippen LogP contribution in [0, 0.1) is 11.3 Å². The summed E-state index contributed by atoms with van der Waals surface area (Å²) in [5.41, 5.74) is 12.7. The molecule has 2 fully saturated rings. The van der Waals surface area contributed by atoms with E-state index in [1.165, 1.54) is 51.4 Å². The molecule has 0 aromatic carbocycles. The fraction of sp³-hybridized carbons (Fsp3) is 1.00. The first-order chi connectivity index (χ1) is 6.78. The van der Waals surface area contributed by atoms with Gasteiger partial charge < -0.3 is 11.5 Å². The van der Waals surface area contributed by atoms with Crippen molar-refractivity contribution in [2.75, 3.05) is 6.54 Å². The van der Waals surface area contributed by atoms with Crippen LogP contribution in [0.5, 0.6) is 0 Å². The maximum atomic E-state index is 6.42. The maximum Gasteiger partial charge on any atom is 0.0136 e. The molecule has 0 spiro atoms. The van der Waals surface area contributed by atoms with Crippen LogP contribution in [0.3, 0.4) is 0 Å². The first-order valence-corrected chi connectivity index (χ1v) is 6.24. The standard InChI is InChI=1S/C12H24N2/c13-9-12(7-4-8-12)11(14)10-5-2-1-3-6-10/h10-11H,1-9,13-14H2. The van der Waals surface area contributed by atoms with E-state index < -0.39 is 0 Å². The van der Waals surface area contributed by atoms with Crippen LogP contribution in [-0.4, -0.2) is 12.6 Å². The van der Waals surface area contributed by atoms with Crippen LogP contribution in [0.2, 0.25) is 0 Å². The summed E-state index contributed by atoms with van der Waals surface area (Å²) in [4.78, 5) is 0. The van der Waals surface area contributed by atoms with Crippen LogP contribution in [0.1, 0.15) is 51.4 Å². The topological polar surface area (TPSA) is 52.0 Å². The van der Waals surface area contributed by atoms with Crippen molar-refractivity contribution in [1.82, 2.24) is 0 Å².